The highest BCUT2D eigenvalue weighted by molar-refractivity contribution is 7.98. The van der Waals surface area contributed by atoms with Crippen LogP contribution in [0.5, 0.6) is 0 Å². The quantitative estimate of drug-likeness (QED) is 0.637. The van der Waals surface area contributed by atoms with Gasteiger partial charge >= 0.3 is 12.1 Å². The van der Waals surface area contributed by atoms with Gasteiger partial charge in [0.2, 0.25) is 0 Å². The van der Waals surface area contributed by atoms with E-state index in [0.29, 0.717) is 5.75 Å². The summed E-state index contributed by atoms with van der Waals surface area (Å²) in [6.07, 6.45) is -1.24. The van der Waals surface area contributed by atoms with Gasteiger partial charge in [-0.1, -0.05) is 0 Å². The Morgan fingerprint density at radius 2 is 2.14 bits per heavy atom. The first kappa shape index (κ1) is 16.3. The Morgan fingerprint density at radius 3 is 2.68 bits per heavy atom. The normalized spacial score (nSPS) is 11.5. The van der Waals surface area contributed by atoms with Crippen molar-refractivity contribution in [2.45, 2.75) is 17.0 Å². The fraction of sp³-hybridized carbons (Fsp3) is 0.308. The first-order valence-corrected chi connectivity index (χ1v) is 7.06. The number of halogens is 3. The highest BCUT2D eigenvalue weighted by Crippen LogP contribution is 2.32. The van der Waals surface area contributed by atoms with E-state index < -0.39 is 17.8 Å². The molecular weight excluding hydrogens is 319 g/mol. The van der Waals surface area contributed by atoms with Crippen molar-refractivity contribution < 1.29 is 22.7 Å². The van der Waals surface area contributed by atoms with Crippen LogP contribution in [0, 0.1) is 0 Å². The molecule has 0 atom stereocenters. The van der Waals surface area contributed by atoms with Gasteiger partial charge in [-0.05, 0) is 12.1 Å². The Hall–Kier alpha value is -2.03. The average Bonchev–Trinajstić information content (AvgIpc) is 2.88. The fourth-order valence-corrected chi connectivity index (χ4v) is 2.59. The van der Waals surface area contributed by atoms with Crippen molar-refractivity contribution in [3.05, 3.63) is 41.3 Å². The number of carbonyl (C=O) groups excluding carboxylic acids is 1. The minimum absolute atomic E-state index is 0.00407. The Bertz CT molecular complexity index is 685. The largest absolute Gasteiger partial charge is 0.465 e. The number of aryl methyl sites for hydroxylation is 1. The predicted molar refractivity (Wildman–Crippen MR) is 73.3 cm³/mol. The molecule has 2 aromatic rings. The van der Waals surface area contributed by atoms with Crippen LogP contribution in [0.3, 0.4) is 0 Å². The van der Waals surface area contributed by atoms with Crippen molar-refractivity contribution in [3.8, 4) is 0 Å². The van der Waals surface area contributed by atoms with Crippen molar-refractivity contribution in [2.24, 2.45) is 7.05 Å². The summed E-state index contributed by atoms with van der Waals surface area (Å²) in [5, 5.41) is 3.95. The van der Waals surface area contributed by atoms with Crippen LogP contribution in [0.25, 0.3) is 0 Å². The summed E-state index contributed by atoms with van der Waals surface area (Å²) < 4.78 is 44.4. The van der Waals surface area contributed by atoms with Gasteiger partial charge in [0, 0.05) is 24.6 Å². The molecule has 0 spiro atoms. The number of ether oxygens (including phenoxy) is 1. The van der Waals surface area contributed by atoms with Gasteiger partial charge < -0.3 is 4.74 Å². The van der Waals surface area contributed by atoms with Crippen molar-refractivity contribution in [3.63, 3.8) is 0 Å². The summed E-state index contributed by atoms with van der Waals surface area (Å²) in [6, 6.07) is 1.84. The topological polar surface area (TPSA) is 57.0 Å². The lowest BCUT2D eigenvalue weighted by Crippen LogP contribution is -2.12. The Morgan fingerprint density at radius 1 is 1.41 bits per heavy atom. The Kier molecular flexibility index (Phi) is 4.74. The molecule has 2 aromatic heterocycles. The predicted octanol–water partition coefficient (Wildman–Crippen LogP) is 2.91. The lowest BCUT2D eigenvalue weighted by atomic mass is 10.2. The number of alkyl halides is 3. The molecule has 2 heterocycles. The summed E-state index contributed by atoms with van der Waals surface area (Å²) in [6.45, 7) is 0. The molecular formula is C13H12F3N3O2S. The number of pyridine rings is 1. The molecule has 118 valence electrons. The SMILES string of the molecule is COC(=O)c1ccc(C(F)(F)F)nc1SCc1cnn(C)c1. The number of rotatable bonds is 4. The third kappa shape index (κ3) is 3.79. The zero-order valence-corrected chi connectivity index (χ0v) is 12.5. The summed E-state index contributed by atoms with van der Waals surface area (Å²) in [7, 11) is 2.89. The molecule has 5 nitrogen and oxygen atoms in total. The van der Waals surface area contributed by atoms with Crippen LogP contribution >= 0.6 is 11.8 Å². The summed E-state index contributed by atoms with van der Waals surface area (Å²) in [4.78, 5) is 15.2. The molecule has 0 fully saturated rings. The van der Waals surface area contributed by atoms with Gasteiger partial charge in [-0.25, -0.2) is 9.78 Å². The third-order valence-electron chi connectivity index (χ3n) is 2.69. The van der Waals surface area contributed by atoms with E-state index >= 15 is 0 Å². The molecule has 0 aliphatic rings. The van der Waals surface area contributed by atoms with Gasteiger partial charge in [-0.15, -0.1) is 11.8 Å². The van der Waals surface area contributed by atoms with Crippen molar-refractivity contribution in [1.29, 1.82) is 0 Å². The number of methoxy groups -OCH3 is 1. The molecule has 0 radical (unpaired) electrons. The van der Waals surface area contributed by atoms with Crippen LogP contribution < -0.4 is 0 Å². The number of hydrogen-bond donors (Lipinski definition) is 0. The van der Waals surface area contributed by atoms with E-state index in [0.717, 1.165) is 36.6 Å². The van der Waals surface area contributed by atoms with Crippen molar-refractivity contribution in [2.75, 3.05) is 7.11 Å². The number of esters is 1. The molecule has 0 saturated heterocycles. The highest BCUT2D eigenvalue weighted by Gasteiger charge is 2.33. The molecule has 22 heavy (non-hydrogen) atoms. The number of hydrogen-bond acceptors (Lipinski definition) is 5. The Balaban J connectivity index is 2.30. The second-order valence-corrected chi connectivity index (χ2v) is 5.31. The lowest BCUT2D eigenvalue weighted by molar-refractivity contribution is -0.141. The van der Waals surface area contributed by atoms with Gasteiger partial charge in [-0.3, -0.25) is 4.68 Å². The van der Waals surface area contributed by atoms with Crippen LogP contribution in [0.2, 0.25) is 0 Å². The van der Waals surface area contributed by atoms with Gasteiger partial charge in [-0.2, -0.15) is 18.3 Å². The molecule has 0 aromatic carbocycles. The zero-order valence-electron chi connectivity index (χ0n) is 11.7. The number of aromatic nitrogens is 3. The minimum Gasteiger partial charge on any atom is -0.465 e. The molecule has 9 heteroatoms. The van der Waals surface area contributed by atoms with E-state index in [2.05, 4.69) is 14.8 Å². The molecule has 0 unspecified atom stereocenters. The molecule has 0 amide bonds. The molecule has 0 bridgehead atoms. The van der Waals surface area contributed by atoms with Crippen LogP contribution in [-0.4, -0.2) is 27.8 Å². The Labute approximate surface area is 128 Å². The maximum absolute atomic E-state index is 12.7. The summed E-state index contributed by atoms with van der Waals surface area (Å²) >= 11 is 1.02. The number of nitrogens with zero attached hydrogens (tertiary/aromatic N) is 3. The van der Waals surface area contributed by atoms with Crippen LogP contribution in [-0.2, 0) is 23.7 Å². The van der Waals surface area contributed by atoms with Gasteiger partial charge in [0.15, 0.2) is 0 Å². The van der Waals surface area contributed by atoms with Gasteiger partial charge in [0.25, 0.3) is 0 Å². The number of thioether (sulfide) groups is 1. The minimum atomic E-state index is -4.57. The first-order valence-electron chi connectivity index (χ1n) is 6.08. The first-order chi connectivity index (χ1) is 10.3. The van der Waals surface area contributed by atoms with E-state index in [1.807, 2.05) is 0 Å². The molecule has 0 saturated carbocycles. The standard InChI is InChI=1S/C13H12F3N3O2S/c1-19-6-8(5-17-19)7-22-11-9(12(20)21-2)3-4-10(18-11)13(14,15)16/h3-6H,7H2,1-2H3. The van der Waals surface area contributed by atoms with Crippen LogP contribution in [0.1, 0.15) is 21.6 Å². The number of carbonyl (C=O) groups is 1. The zero-order chi connectivity index (χ0) is 16.3. The van der Waals surface area contributed by atoms with E-state index in [9.17, 15) is 18.0 Å². The van der Waals surface area contributed by atoms with Crippen molar-refractivity contribution >= 4 is 17.7 Å². The maximum atomic E-state index is 12.7. The summed E-state index contributed by atoms with van der Waals surface area (Å²) in [5.74, 6) is -0.388. The molecule has 2 rings (SSSR count). The van der Waals surface area contributed by atoms with Crippen LogP contribution in [0.15, 0.2) is 29.6 Å². The van der Waals surface area contributed by atoms with E-state index in [1.54, 1.807) is 24.1 Å². The fourth-order valence-electron chi connectivity index (χ4n) is 1.67. The highest BCUT2D eigenvalue weighted by atomic mass is 32.2. The lowest BCUT2D eigenvalue weighted by Gasteiger charge is -2.10. The van der Waals surface area contributed by atoms with Crippen molar-refractivity contribution in [1.82, 2.24) is 14.8 Å². The van der Waals surface area contributed by atoms with Gasteiger partial charge in [0.1, 0.15) is 10.7 Å². The smallest absolute Gasteiger partial charge is 0.433 e. The third-order valence-corrected chi connectivity index (χ3v) is 3.75. The molecule has 0 N–H and O–H groups in total. The maximum Gasteiger partial charge on any atom is 0.433 e. The monoisotopic (exact) mass is 331 g/mol. The van der Waals surface area contributed by atoms with Crippen LogP contribution in [0.4, 0.5) is 13.2 Å². The molecule has 0 aliphatic carbocycles. The molecule has 0 aliphatic heterocycles. The van der Waals surface area contributed by atoms with E-state index in [1.165, 1.54) is 0 Å². The second-order valence-electron chi connectivity index (χ2n) is 4.35. The average molecular weight is 331 g/mol. The summed E-state index contributed by atoms with van der Waals surface area (Å²) in [5.41, 5.74) is -0.235. The van der Waals surface area contributed by atoms with E-state index in [-0.39, 0.29) is 10.6 Å². The second kappa shape index (κ2) is 6.39. The van der Waals surface area contributed by atoms with E-state index in [4.69, 9.17) is 0 Å². The van der Waals surface area contributed by atoms with Gasteiger partial charge in [0.05, 0.1) is 18.9 Å².